The fourth-order valence-corrected chi connectivity index (χ4v) is 3.62. The first-order valence-electron chi connectivity index (χ1n) is 9.99. The van der Waals surface area contributed by atoms with Crippen LogP contribution in [-0.2, 0) is 20.0 Å². The molecule has 1 aliphatic heterocycles. The van der Waals surface area contributed by atoms with Crippen molar-refractivity contribution in [1.29, 1.82) is 0 Å². The van der Waals surface area contributed by atoms with Crippen LogP contribution >= 0.6 is 0 Å². The van der Waals surface area contributed by atoms with E-state index in [2.05, 4.69) is 37.5 Å². The molecule has 29 heavy (non-hydrogen) atoms. The average Bonchev–Trinajstić information content (AvgIpc) is 3.17. The molecule has 0 aliphatic carbocycles. The highest BCUT2D eigenvalue weighted by Gasteiger charge is 2.20. The van der Waals surface area contributed by atoms with Gasteiger partial charge in [0.15, 0.2) is 5.96 Å². The summed E-state index contributed by atoms with van der Waals surface area (Å²) in [5.74, 6) is 2.73. The summed E-state index contributed by atoms with van der Waals surface area (Å²) in [5.41, 5.74) is 2.38. The number of aromatic nitrogens is 2. The quantitative estimate of drug-likeness (QED) is 0.559. The second-order valence-electron chi connectivity index (χ2n) is 7.19. The number of guanidine groups is 1. The molecule has 0 unspecified atom stereocenters. The van der Waals surface area contributed by atoms with Crippen LogP contribution in [0.1, 0.15) is 11.1 Å². The molecule has 0 amide bonds. The highest BCUT2D eigenvalue weighted by atomic mass is 16.5. The zero-order chi connectivity index (χ0) is 20.6. The predicted octanol–water partition coefficient (Wildman–Crippen LogP) is 1.37. The Kier molecular flexibility index (Phi) is 7.35. The Bertz CT molecular complexity index is 811. The molecular weight excluding hydrogens is 368 g/mol. The monoisotopic (exact) mass is 400 g/mol. The molecule has 2 heterocycles. The Labute approximate surface area is 173 Å². The number of methoxy groups -OCH3 is 2. The molecule has 1 N–H and O–H groups in total. The summed E-state index contributed by atoms with van der Waals surface area (Å²) in [6, 6.07) is 5.96. The van der Waals surface area contributed by atoms with Crippen LogP contribution in [-0.4, -0.2) is 79.5 Å². The number of rotatable bonds is 7. The summed E-state index contributed by atoms with van der Waals surface area (Å²) in [5, 5.41) is 7.69. The third-order valence-corrected chi connectivity index (χ3v) is 5.22. The van der Waals surface area contributed by atoms with E-state index < -0.39 is 0 Å². The van der Waals surface area contributed by atoms with Gasteiger partial charge in [0, 0.05) is 65.1 Å². The number of aliphatic imine (C=N–C) groups is 1. The van der Waals surface area contributed by atoms with Crippen LogP contribution in [0.3, 0.4) is 0 Å². The third-order valence-electron chi connectivity index (χ3n) is 5.22. The van der Waals surface area contributed by atoms with Crippen molar-refractivity contribution in [3.8, 4) is 11.5 Å². The van der Waals surface area contributed by atoms with Gasteiger partial charge in [-0.2, -0.15) is 5.10 Å². The summed E-state index contributed by atoms with van der Waals surface area (Å²) >= 11 is 0. The molecule has 2 aromatic rings. The topological polar surface area (TPSA) is 67.2 Å². The van der Waals surface area contributed by atoms with Crippen LogP contribution < -0.4 is 14.8 Å². The Morgan fingerprint density at radius 3 is 2.59 bits per heavy atom. The van der Waals surface area contributed by atoms with Crippen molar-refractivity contribution in [2.45, 2.75) is 13.0 Å². The van der Waals surface area contributed by atoms with Gasteiger partial charge in [0.1, 0.15) is 11.5 Å². The lowest BCUT2D eigenvalue weighted by Crippen LogP contribution is -2.52. The number of ether oxygens (including phenoxy) is 2. The van der Waals surface area contributed by atoms with Crippen molar-refractivity contribution in [1.82, 2.24) is 24.9 Å². The van der Waals surface area contributed by atoms with Crippen LogP contribution in [0.15, 0.2) is 35.6 Å². The molecule has 0 bridgehead atoms. The third kappa shape index (κ3) is 5.63. The summed E-state index contributed by atoms with van der Waals surface area (Å²) in [4.78, 5) is 9.23. The van der Waals surface area contributed by atoms with Gasteiger partial charge in [0.2, 0.25) is 0 Å². The van der Waals surface area contributed by atoms with Gasteiger partial charge in [0.25, 0.3) is 0 Å². The molecule has 0 atom stereocenters. The molecule has 0 radical (unpaired) electrons. The van der Waals surface area contributed by atoms with E-state index in [1.54, 1.807) is 14.2 Å². The predicted molar refractivity (Wildman–Crippen MR) is 115 cm³/mol. The molecule has 1 aromatic carbocycles. The van der Waals surface area contributed by atoms with Crippen molar-refractivity contribution in [2.24, 2.45) is 12.0 Å². The SMILES string of the molecule is CN=C(NCCc1cnn(C)c1)N1CCN(Cc2cc(OC)ccc2OC)CC1. The number of nitrogens with zero attached hydrogens (tertiary/aromatic N) is 5. The van der Waals surface area contributed by atoms with Gasteiger partial charge in [-0.1, -0.05) is 0 Å². The molecule has 8 nitrogen and oxygen atoms in total. The van der Waals surface area contributed by atoms with Crippen LogP contribution in [0, 0.1) is 0 Å². The van der Waals surface area contributed by atoms with Crippen molar-refractivity contribution >= 4 is 5.96 Å². The highest BCUT2D eigenvalue weighted by molar-refractivity contribution is 5.80. The normalized spacial score (nSPS) is 15.4. The number of hydrogen-bond donors (Lipinski definition) is 1. The van der Waals surface area contributed by atoms with Gasteiger partial charge in [-0.25, -0.2) is 0 Å². The Hall–Kier alpha value is -2.74. The van der Waals surface area contributed by atoms with Crippen molar-refractivity contribution in [3.63, 3.8) is 0 Å². The van der Waals surface area contributed by atoms with Crippen molar-refractivity contribution in [2.75, 3.05) is 54.0 Å². The Morgan fingerprint density at radius 1 is 1.17 bits per heavy atom. The Morgan fingerprint density at radius 2 is 1.97 bits per heavy atom. The summed E-state index contributed by atoms with van der Waals surface area (Å²) < 4.78 is 12.7. The number of benzene rings is 1. The maximum Gasteiger partial charge on any atom is 0.193 e. The molecule has 0 saturated carbocycles. The maximum atomic E-state index is 5.52. The fraction of sp³-hybridized carbons (Fsp3) is 0.524. The summed E-state index contributed by atoms with van der Waals surface area (Å²) in [7, 11) is 7.19. The first-order chi connectivity index (χ1) is 14.1. The minimum absolute atomic E-state index is 0.847. The molecule has 0 spiro atoms. The van der Waals surface area contributed by atoms with E-state index in [0.29, 0.717) is 0 Å². The van der Waals surface area contributed by atoms with Gasteiger partial charge in [-0.05, 0) is 30.2 Å². The van der Waals surface area contributed by atoms with Crippen LogP contribution in [0.25, 0.3) is 0 Å². The average molecular weight is 401 g/mol. The number of hydrogen-bond acceptors (Lipinski definition) is 5. The van der Waals surface area contributed by atoms with E-state index >= 15 is 0 Å². The second-order valence-corrected chi connectivity index (χ2v) is 7.19. The molecular formula is C21H32N6O2. The summed E-state index contributed by atoms with van der Waals surface area (Å²) in [6.07, 6.45) is 4.90. The van der Waals surface area contributed by atoms with E-state index in [1.165, 1.54) is 5.56 Å². The Balaban J connectivity index is 1.49. The van der Waals surface area contributed by atoms with Crippen LogP contribution in [0.4, 0.5) is 0 Å². The van der Waals surface area contributed by atoms with Gasteiger partial charge in [-0.15, -0.1) is 0 Å². The highest BCUT2D eigenvalue weighted by Crippen LogP contribution is 2.25. The van der Waals surface area contributed by atoms with Crippen molar-refractivity contribution in [3.05, 3.63) is 41.7 Å². The molecule has 3 rings (SSSR count). The maximum absolute atomic E-state index is 5.52. The van der Waals surface area contributed by atoms with Gasteiger partial charge in [-0.3, -0.25) is 14.6 Å². The lowest BCUT2D eigenvalue weighted by atomic mass is 10.1. The van der Waals surface area contributed by atoms with E-state index in [1.807, 2.05) is 37.1 Å². The molecule has 1 aromatic heterocycles. The summed E-state index contributed by atoms with van der Waals surface area (Å²) in [6.45, 7) is 5.53. The van der Waals surface area contributed by atoms with Crippen LogP contribution in [0.5, 0.6) is 11.5 Å². The lowest BCUT2D eigenvalue weighted by molar-refractivity contribution is 0.171. The van der Waals surface area contributed by atoms with E-state index in [-0.39, 0.29) is 0 Å². The molecule has 8 heteroatoms. The molecule has 1 saturated heterocycles. The first-order valence-corrected chi connectivity index (χ1v) is 9.99. The molecule has 1 aliphatic rings. The minimum atomic E-state index is 0.847. The molecule has 1 fully saturated rings. The van der Waals surface area contributed by atoms with Crippen molar-refractivity contribution < 1.29 is 9.47 Å². The van der Waals surface area contributed by atoms with E-state index in [4.69, 9.17) is 9.47 Å². The molecule has 158 valence electrons. The smallest absolute Gasteiger partial charge is 0.193 e. The number of aryl methyl sites for hydroxylation is 1. The van der Waals surface area contributed by atoms with Gasteiger partial charge in [0.05, 0.1) is 20.4 Å². The number of nitrogens with one attached hydrogen (secondary N) is 1. The van der Waals surface area contributed by atoms with E-state index in [0.717, 1.165) is 68.7 Å². The lowest BCUT2D eigenvalue weighted by Gasteiger charge is -2.36. The first kappa shape index (κ1) is 21.0. The van der Waals surface area contributed by atoms with E-state index in [9.17, 15) is 0 Å². The second kappa shape index (κ2) is 10.2. The largest absolute Gasteiger partial charge is 0.497 e. The zero-order valence-corrected chi connectivity index (χ0v) is 17.9. The van der Waals surface area contributed by atoms with Gasteiger partial charge < -0.3 is 19.7 Å². The van der Waals surface area contributed by atoms with Crippen LogP contribution in [0.2, 0.25) is 0 Å². The standard InChI is InChI=1S/C21H32N6O2/c1-22-21(23-8-7-17-14-24-25(2)15-17)27-11-9-26(10-12-27)16-18-13-19(28-3)5-6-20(18)29-4/h5-6,13-15H,7-12,16H2,1-4H3,(H,22,23). The van der Waals surface area contributed by atoms with Gasteiger partial charge >= 0.3 is 0 Å². The zero-order valence-electron chi connectivity index (χ0n) is 17.9. The fourth-order valence-electron chi connectivity index (χ4n) is 3.62. The minimum Gasteiger partial charge on any atom is -0.497 e. The number of piperazine rings is 1.